The lowest BCUT2D eigenvalue weighted by molar-refractivity contribution is 0.0497. The maximum atomic E-state index is 11.9. The van der Waals surface area contributed by atoms with Crippen LogP contribution in [0, 0.1) is 6.92 Å². The van der Waals surface area contributed by atoms with Gasteiger partial charge in [-0.2, -0.15) is 0 Å². The molecule has 0 radical (unpaired) electrons. The minimum absolute atomic E-state index is 0.233. The van der Waals surface area contributed by atoms with Crippen LogP contribution in [-0.4, -0.2) is 19.2 Å². The molecular weight excluding hydrogens is 348 g/mol. The second kappa shape index (κ2) is 10.5. The maximum absolute atomic E-state index is 11.9. The Labute approximate surface area is 167 Å². The lowest BCUT2D eigenvalue weighted by Gasteiger charge is -2.08. The van der Waals surface area contributed by atoms with E-state index in [0.29, 0.717) is 12.2 Å². The number of benzene rings is 3. The number of fused-ring (bicyclic) bond motifs is 1. The van der Waals surface area contributed by atoms with Crippen LogP contribution in [0.25, 0.3) is 10.8 Å². The molecule has 0 amide bonds. The molecule has 0 aromatic heterocycles. The van der Waals surface area contributed by atoms with Crippen LogP contribution < -0.4 is 4.74 Å². The highest BCUT2D eigenvalue weighted by molar-refractivity contribution is 5.89. The lowest BCUT2D eigenvalue weighted by Crippen LogP contribution is -2.06. The molecule has 0 N–H and O–H groups in total. The van der Waals surface area contributed by atoms with E-state index in [1.807, 2.05) is 49.4 Å². The molecule has 3 heteroatoms. The Hall–Kier alpha value is -2.81. The van der Waals surface area contributed by atoms with Crippen molar-refractivity contribution >= 4 is 16.7 Å². The van der Waals surface area contributed by atoms with Crippen molar-refractivity contribution in [2.24, 2.45) is 0 Å². The fraction of sp³-hybridized carbons (Fsp3) is 0.320. The van der Waals surface area contributed by atoms with Crippen molar-refractivity contribution in [3.63, 3.8) is 0 Å². The molecule has 0 heterocycles. The second-order valence-corrected chi connectivity index (χ2v) is 7.13. The number of carbonyl (C=O) groups excluding carboxylic acids is 1. The molecule has 0 aliphatic rings. The molecule has 0 saturated heterocycles. The molecule has 3 nitrogen and oxygen atoms in total. The summed E-state index contributed by atoms with van der Waals surface area (Å²) in [6, 6.07) is 22.0. The summed E-state index contributed by atoms with van der Waals surface area (Å²) in [6.45, 7) is 3.23. The molecule has 0 aliphatic carbocycles. The van der Waals surface area contributed by atoms with Crippen molar-refractivity contribution in [3.8, 4) is 5.75 Å². The number of unbranched alkanes of at least 4 members (excludes halogenated alkanes) is 4. The second-order valence-electron chi connectivity index (χ2n) is 7.13. The van der Waals surface area contributed by atoms with E-state index in [1.54, 1.807) is 0 Å². The van der Waals surface area contributed by atoms with Gasteiger partial charge in [-0.3, -0.25) is 0 Å². The highest BCUT2D eigenvalue weighted by atomic mass is 16.5. The Bertz CT molecular complexity index is 884. The van der Waals surface area contributed by atoms with E-state index in [2.05, 4.69) is 24.3 Å². The zero-order valence-electron chi connectivity index (χ0n) is 16.5. The summed E-state index contributed by atoms with van der Waals surface area (Å²) in [6.07, 6.45) is 5.26. The summed E-state index contributed by atoms with van der Waals surface area (Å²) < 4.78 is 11.2. The number of carbonyl (C=O) groups is 1. The molecule has 0 fully saturated rings. The van der Waals surface area contributed by atoms with Gasteiger partial charge in [0.2, 0.25) is 0 Å². The molecule has 0 spiro atoms. The number of hydrogen-bond donors (Lipinski definition) is 0. The van der Waals surface area contributed by atoms with Gasteiger partial charge < -0.3 is 9.47 Å². The van der Waals surface area contributed by atoms with Crippen LogP contribution in [0.2, 0.25) is 0 Å². The summed E-state index contributed by atoms with van der Waals surface area (Å²) in [5.41, 5.74) is 1.76. The average molecular weight is 376 g/mol. The van der Waals surface area contributed by atoms with Gasteiger partial charge in [-0.1, -0.05) is 67.3 Å². The van der Waals surface area contributed by atoms with Gasteiger partial charge in [-0.05, 0) is 54.8 Å². The fourth-order valence-electron chi connectivity index (χ4n) is 3.12. The standard InChI is InChI=1S/C25H28O3/c1-20-11-13-22(14-12-20)25(26)28-18-8-4-2-3-7-17-27-24-16-15-21-9-5-6-10-23(21)19-24/h5-6,9-16,19H,2-4,7-8,17-18H2,1H3. The SMILES string of the molecule is Cc1ccc(C(=O)OCCCCCCCOc2ccc3ccccc3c2)cc1. The minimum atomic E-state index is -0.233. The number of esters is 1. The maximum Gasteiger partial charge on any atom is 0.338 e. The predicted octanol–water partition coefficient (Wildman–Crippen LogP) is 6.33. The Kier molecular flexibility index (Phi) is 7.48. The van der Waals surface area contributed by atoms with E-state index in [0.717, 1.165) is 50.0 Å². The quantitative estimate of drug-likeness (QED) is 0.306. The molecule has 0 atom stereocenters. The molecule has 146 valence electrons. The van der Waals surface area contributed by atoms with Gasteiger partial charge in [-0.25, -0.2) is 4.79 Å². The first-order valence-corrected chi connectivity index (χ1v) is 10.1. The third-order valence-electron chi connectivity index (χ3n) is 4.80. The molecule has 3 aromatic carbocycles. The van der Waals surface area contributed by atoms with E-state index >= 15 is 0 Å². The topological polar surface area (TPSA) is 35.5 Å². The summed E-state index contributed by atoms with van der Waals surface area (Å²) >= 11 is 0. The normalized spacial score (nSPS) is 10.8. The molecule has 3 aromatic rings. The van der Waals surface area contributed by atoms with Gasteiger partial charge in [0, 0.05) is 0 Å². The molecule has 0 saturated carbocycles. The molecule has 28 heavy (non-hydrogen) atoms. The van der Waals surface area contributed by atoms with Crippen LogP contribution in [-0.2, 0) is 4.74 Å². The monoisotopic (exact) mass is 376 g/mol. The number of rotatable bonds is 10. The van der Waals surface area contributed by atoms with Crippen molar-refractivity contribution in [1.82, 2.24) is 0 Å². The van der Waals surface area contributed by atoms with Gasteiger partial charge in [0.15, 0.2) is 0 Å². The summed E-state index contributed by atoms with van der Waals surface area (Å²) in [5.74, 6) is 0.700. The predicted molar refractivity (Wildman–Crippen MR) is 114 cm³/mol. The highest BCUT2D eigenvalue weighted by Crippen LogP contribution is 2.20. The van der Waals surface area contributed by atoms with Crippen LogP contribution in [0.4, 0.5) is 0 Å². The van der Waals surface area contributed by atoms with E-state index in [-0.39, 0.29) is 5.97 Å². The first-order valence-electron chi connectivity index (χ1n) is 10.1. The summed E-state index contributed by atoms with van der Waals surface area (Å²) in [5, 5.41) is 2.44. The van der Waals surface area contributed by atoms with E-state index < -0.39 is 0 Å². The highest BCUT2D eigenvalue weighted by Gasteiger charge is 2.05. The van der Waals surface area contributed by atoms with Crippen LogP contribution >= 0.6 is 0 Å². The molecule has 3 rings (SSSR count). The van der Waals surface area contributed by atoms with Crippen LogP contribution in [0.3, 0.4) is 0 Å². The van der Waals surface area contributed by atoms with Crippen LogP contribution in [0.1, 0.15) is 48.0 Å². The minimum Gasteiger partial charge on any atom is -0.494 e. The third-order valence-corrected chi connectivity index (χ3v) is 4.80. The van der Waals surface area contributed by atoms with Gasteiger partial charge in [0.1, 0.15) is 5.75 Å². The number of aryl methyl sites for hydroxylation is 1. The fourth-order valence-corrected chi connectivity index (χ4v) is 3.12. The van der Waals surface area contributed by atoms with E-state index in [1.165, 1.54) is 10.8 Å². The van der Waals surface area contributed by atoms with Crippen molar-refractivity contribution in [3.05, 3.63) is 77.9 Å². The van der Waals surface area contributed by atoms with Gasteiger partial charge in [0.25, 0.3) is 0 Å². The van der Waals surface area contributed by atoms with Crippen LogP contribution in [0.5, 0.6) is 5.75 Å². The van der Waals surface area contributed by atoms with Crippen molar-refractivity contribution in [2.75, 3.05) is 13.2 Å². The van der Waals surface area contributed by atoms with Gasteiger partial charge in [-0.15, -0.1) is 0 Å². The van der Waals surface area contributed by atoms with Crippen LogP contribution in [0.15, 0.2) is 66.7 Å². The number of hydrogen-bond acceptors (Lipinski definition) is 3. The molecule has 0 unspecified atom stereocenters. The average Bonchev–Trinajstić information content (AvgIpc) is 2.72. The van der Waals surface area contributed by atoms with Crippen molar-refractivity contribution in [2.45, 2.75) is 39.0 Å². The Morgan fingerprint density at radius 1 is 0.750 bits per heavy atom. The van der Waals surface area contributed by atoms with Gasteiger partial charge in [0.05, 0.1) is 18.8 Å². The van der Waals surface area contributed by atoms with Crippen molar-refractivity contribution in [1.29, 1.82) is 0 Å². The Morgan fingerprint density at radius 2 is 1.43 bits per heavy atom. The lowest BCUT2D eigenvalue weighted by atomic mass is 10.1. The zero-order chi connectivity index (χ0) is 19.6. The first kappa shape index (κ1) is 19.9. The molecule has 0 bridgehead atoms. The number of ether oxygens (including phenoxy) is 2. The Morgan fingerprint density at radius 3 is 2.21 bits per heavy atom. The van der Waals surface area contributed by atoms with Gasteiger partial charge >= 0.3 is 5.97 Å². The Balaban J connectivity index is 1.23. The third kappa shape index (κ3) is 6.12. The zero-order valence-corrected chi connectivity index (χ0v) is 16.5. The van der Waals surface area contributed by atoms with E-state index in [9.17, 15) is 4.79 Å². The smallest absolute Gasteiger partial charge is 0.338 e. The van der Waals surface area contributed by atoms with Crippen molar-refractivity contribution < 1.29 is 14.3 Å². The molecular formula is C25H28O3. The summed E-state index contributed by atoms with van der Waals surface area (Å²) in [4.78, 5) is 11.9. The summed E-state index contributed by atoms with van der Waals surface area (Å²) in [7, 11) is 0. The largest absolute Gasteiger partial charge is 0.494 e. The van der Waals surface area contributed by atoms with E-state index in [4.69, 9.17) is 9.47 Å². The molecule has 0 aliphatic heterocycles. The first-order chi connectivity index (χ1) is 13.7.